The summed E-state index contributed by atoms with van der Waals surface area (Å²) in [5, 5.41) is 12.1. The number of aromatic nitrogens is 1. The minimum Gasteiger partial charge on any atom is -0.476 e. The van der Waals surface area contributed by atoms with Crippen molar-refractivity contribution in [3.05, 3.63) is 41.3 Å². The van der Waals surface area contributed by atoms with Crippen LogP contribution in [0.25, 0.3) is 11.3 Å². The summed E-state index contributed by atoms with van der Waals surface area (Å²) in [5.41, 5.74) is 0.647. The Morgan fingerprint density at radius 3 is 2.89 bits per heavy atom. The van der Waals surface area contributed by atoms with Crippen molar-refractivity contribution in [2.24, 2.45) is 0 Å². The van der Waals surface area contributed by atoms with Crippen LogP contribution in [0.5, 0.6) is 0 Å². The first-order valence-corrected chi connectivity index (χ1v) is 5.09. The number of nitrogens with zero attached hydrogens (tertiary/aromatic N) is 1. The lowest BCUT2D eigenvalue weighted by molar-refractivity contribution is 0.0686. The van der Waals surface area contributed by atoms with Crippen LogP contribution in [0.2, 0.25) is 0 Å². The average Bonchev–Trinajstić information content (AvgIpc) is 2.81. The van der Waals surface area contributed by atoms with Crippen LogP contribution in [0.1, 0.15) is 16.1 Å². The van der Waals surface area contributed by atoms with Gasteiger partial charge in [0.1, 0.15) is 5.82 Å². The number of carboxylic acids is 1. The lowest BCUT2D eigenvalue weighted by Crippen LogP contribution is -1.94. The third-order valence-electron chi connectivity index (χ3n) is 2.34. The molecule has 1 aromatic carbocycles. The molecule has 0 saturated heterocycles. The number of aromatic carboxylic acids is 1. The number of carboxylic acid groups (broad SMARTS) is 1. The topological polar surface area (TPSA) is 72.6 Å². The normalized spacial score (nSPS) is 10.6. The molecule has 94 valence electrons. The molecule has 2 aromatic rings. The number of halogens is 1. The fourth-order valence-electron chi connectivity index (χ4n) is 1.52. The fraction of sp³-hybridized carbons (Fsp3) is 0.167. The summed E-state index contributed by atoms with van der Waals surface area (Å²) in [6.45, 7) is 0.327. The second-order valence-corrected chi connectivity index (χ2v) is 3.63. The summed E-state index contributed by atoms with van der Waals surface area (Å²) in [6.07, 6.45) is 0. The molecule has 0 amide bonds. The number of hydrogen-bond donors (Lipinski definition) is 1. The summed E-state index contributed by atoms with van der Waals surface area (Å²) in [5.74, 6) is -1.66. The Kier molecular flexibility index (Phi) is 3.38. The lowest BCUT2D eigenvalue weighted by Gasteiger charge is -2.03. The van der Waals surface area contributed by atoms with E-state index in [0.29, 0.717) is 6.61 Å². The zero-order chi connectivity index (χ0) is 13.1. The Bertz CT molecular complexity index is 579. The van der Waals surface area contributed by atoms with Crippen LogP contribution in [0.15, 0.2) is 28.8 Å². The van der Waals surface area contributed by atoms with Crippen molar-refractivity contribution in [3.63, 3.8) is 0 Å². The van der Waals surface area contributed by atoms with E-state index in [-0.39, 0.29) is 17.0 Å². The molecule has 2 rings (SSSR count). The van der Waals surface area contributed by atoms with Gasteiger partial charge in [0, 0.05) is 13.2 Å². The molecule has 5 nitrogen and oxygen atoms in total. The van der Waals surface area contributed by atoms with Crippen LogP contribution in [-0.2, 0) is 11.3 Å². The van der Waals surface area contributed by atoms with Gasteiger partial charge in [-0.1, -0.05) is 11.2 Å². The van der Waals surface area contributed by atoms with Crippen LogP contribution < -0.4 is 0 Å². The van der Waals surface area contributed by atoms with E-state index in [1.54, 1.807) is 6.07 Å². The Labute approximate surface area is 102 Å². The van der Waals surface area contributed by atoms with E-state index in [0.717, 1.165) is 5.56 Å². The second-order valence-electron chi connectivity index (χ2n) is 3.63. The van der Waals surface area contributed by atoms with Crippen molar-refractivity contribution in [3.8, 4) is 11.3 Å². The molecule has 0 saturated carbocycles. The molecule has 0 aliphatic rings. The first kappa shape index (κ1) is 12.3. The minimum atomic E-state index is -1.22. The molecule has 1 aromatic heterocycles. The van der Waals surface area contributed by atoms with E-state index in [4.69, 9.17) is 14.4 Å². The Morgan fingerprint density at radius 1 is 1.50 bits per heavy atom. The number of carbonyl (C=O) groups is 1. The number of ether oxygens (including phenoxy) is 1. The van der Waals surface area contributed by atoms with Crippen LogP contribution in [0.3, 0.4) is 0 Å². The summed E-state index contributed by atoms with van der Waals surface area (Å²) in [6, 6.07) is 5.56. The van der Waals surface area contributed by atoms with Gasteiger partial charge in [-0.3, -0.25) is 0 Å². The first-order chi connectivity index (χ1) is 8.61. The highest BCUT2D eigenvalue weighted by molar-refractivity contribution is 5.86. The van der Waals surface area contributed by atoms with E-state index >= 15 is 0 Å². The highest BCUT2D eigenvalue weighted by Gasteiger charge is 2.15. The smallest absolute Gasteiger partial charge is 0.358 e. The van der Waals surface area contributed by atoms with Crippen molar-refractivity contribution in [2.75, 3.05) is 7.11 Å². The van der Waals surface area contributed by atoms with Gasteiger partial charge >= 0.3 is 5.97 Å². The Morgan fingerprint density at radius 2 is 2.28 bits per heavy atom. The van der Waals surface area contributed by atoms with E-state index in [9.17, 15) is 9.18 Å². The van der Waals surface area contributed by atoms with Gasteiger partial charge in [-0.25, -0.2) is 9.18 Å². The maximum absolute atomic E-state index is 13.6. The predicted molar refractivity (Wildman–Crippen MR) is 59.6 cm³/mol. The molecule has 0 spiro atoms. The van der Waals surface area contributed by atoms with Crippen LogP contribution in [0, 0.1) is 5.82 Å². The van der Waals surface area contributed by atoms with Crippen molar-refractivity contribution in [1.82, 2.24) is 5.16 Å². The van der Waals surface area contributed by atoms with Gasteiger partial charge in [0.25, 0.3) is 0 Å². The van der Waals surface area contributed by atoms with Gasteiger partial charge in [0.2, 0.25) is 0 Å². The second kappa shape index (κ2) is 4.97. The highest BCUT2D eigenvalue weighted by atomic mass is 19.1. The molecule has 6 heteroatoms. The van der Waals surface area contributed by atoms with Gasteiger partial charge in [-0.15, -0.1) is 0 Å². The molecule has 0 atom stereocenters. The Balaban J connectivity index is 2.41. The average molecular weight is 251 g/mol. The predicted octanol–water partition coefficient (Wildman–Crippen LogP) is 2.33. The molecule has 0 aliphatic heterocycles. The molecule has 1 heterocycles. The molecule has 0 bridgehead atoms. The van der Waals surface area contributed by atoms with Crippen molar-refractivity contribution in [2.45, 2.75) is 6.61 Å². The largest absolute Gasteiger partial charge is 0.476 e. The zero-order valence-corrected chi connectivity index (χ0v) is 9.51. The summed E-state index contributed by atoms with van der Waals surface area (Å²) < 4.78 is 23.4. The molecule has 1 N–H and O–H groups in total. The van der Waals surface area contributed by atoms with E-state index in [1.165, 1.54) is 25.3 Å². The first-order valence-electron chi connectivity index (χ1n) is 5.09. The SMILES string of the molecule is COCc1ccc(F)c(-c2cc(C(=O)O)no2)c1. The summed E-state index contributed by atoms with van der Waals surface area (Å²) in [4.78, 5) is 10.7. The number of hydrogen-bond acceptors (Lipinski definition) is 4. The van der Waals surface area contributed by atoms with E-state index in [1.807, 2.05) is 0 Å². The molecule has 0 radical (unpaired) electrons. The van der Waals surface area contributed by atoms with Gasteiger partial charge < -0.3 is 14.4 Å². The third-order valence-corrected chi connectivity index (χ3v) is 2.34. The van der Waals surface area contributed by atoms with Crippen LogP contribution in [0.4, 0.5) is 4.39 Å². The molecular weight excluding hydrogens is 241 g/mol. The quantitative estimate of drug-likeness (QED) is 0.902. The van der Waals surface area contributed by atoms with Crippen molar-refractivity contribution >= 4 is 5.97 Å². The van der Waals surface area contributed by atoms with E-state index in [2.05, 4.69) is 5.16 Å². The summed E-state index contributed by atoms with van der Waals surface area (Å²) >= 11 is 0. The monoisotopic (exact) mass is 251 g/mol. The fourth-order valence-corrected chi connectivity index (χ4v) is 1.52. The van der Waals surface area contributed by atoms with Crippen LogP contribution >= 0.6 is 0 Å². The van der Waals surface area contributed by atoms with Gasteiger partial charge in [-0.05, 0) is 17.7 Å². The maximum Gasteiger partial charge on any atom is 0.358 e. The summed E-state index contributed by atoms with van der Waals surface area (Å²) in [7, 11) is 1.53. The Hall–Kier alpha value is -2.21. The highest BCUT2D eigenvalue weighted by Crippen LogP contribution is 2.25. The molecule has 18 heavy (non-hydrogen) atoms. The molecule has 0 fully saturated rings. The molecular formula is C12H10FNO4. The lowest BCUT2D eigenvalue weighted by atomic mass is 10.1. The van der Waals surface area contributed by atoms with Crippen molar-refractivity contribution < 1.29 is 23.6 Å². The number of rotatable bonds is 4. The van der Waals surface area contributed by atoms with E-state index < -0.39 is 11.8 Å². The minimum absolute atomic E-state index is 0.0721. The molecule has 0 aliphatic carbocycles. The van der Waals surface area contributed by atoms with Crippen LogP contribution in [-0.4, -0.2) is 23.3 Å². The van der Waals surface area contributed by atoms with Crippen molar-refractivity contribution in [1.29, 1.82) is 0 Å². The van der Waals surface area contributed by atoms with Gasteiger partial charge in [0.15, 0.2) is 11.5 Å². The van der Waals surface area contributed by atoms with Gasteiger partial charge in [-0.2, -0.15) is 0 Å². The molecule has 0 unspecified atom stereocenters. The number of methoxy groups -OCH3 is 1. The van der Waals surface area contributed by atoms with Gasteiger partial charge in [0.05, 0.1) is 12.2 Å². The third kappa shape index (κ3) is 2.38. The number of benzene rings is 1. The zero-order valence-electron chi connectivity index (χ0n) is 9.51. The standard InChI is InChI=1S/C12H10FNO4/c1-17-6-7-2-3-9(13)8(4-7)11-5-10(12(15)16)14-18-11/h2-5H,6H2,1H3,(H,15,16). The maximum atomic E-state index is 13.6.